The zero-order valence-corrected chi connectivity index (χ0v) is 13.9. The topological polar surface area (TPSA) is 49.4 Å². The Morgan fingerprint density at radius 2 is 1.86 bits per heavy atom. The molecule has 2 fully saturated rings. The van der Waals surface area contributed by atoms with Gasteiger partial charge < -0.3 is 10.2 Å². The van der Waals surface area contributed by atoms with Gasteiger partial charge in [-0.1, -0.05) is 40.0 Å². The number of carbonyl (C=O) groups excluding carboxylic acids is 2. The molecule has 2 unspecified atom stereocenters. The van der Waals surface area contributed by atoms with E-state index in [-0.39, 0.29) is 23.9 Å². The monoisotopic (exact) mass is 294 g/mol. The van der Waals surface area contributed by atoms with Crippen molar-refractivity contribution in [2.45, 2.75) is 90.3 Å². The lowest BCUT2D eigenvalue weighted by Crippen LogP contribution is -2.71. The first-order chi connectivity index (χ1) is 9.91. The fourth-order valence-electron chi connectivity index (χ4n) is 3.94. The van der Waals surface area contributed by atoms with Crippen molar-refractivity contribution in [1.82, 2.24) is 10.2 Å². The summed E-state index contributed by atoms with van der Waals surface area (Å²) in [5.74, 6) is 0.641. The van der Waals surface area contributed by atoms with Gasteiger partial charge in [-0.25, -0.2) is 0 Å². The van der Waals surface area contributed by atoms with Gasteiger partial charge in [0.05, 0.1) is 0 Å². The molecule has 1 aliphatic carbocycles. The Bertz CT molecular complexity index is 400. The Hall–Kier alpha value is -1.06. The van der Waals surface area contributed by atoms with E-state index in [0.29, 0.717) is 5.92 Å². The summed E-state index contributed by atoms with van der Waals surface area (Å²) in [4.78, 5) is 27.7. The molecule has 2 rings (SSSR count). The van der Waals surface area contributed by atoms with Gasteiger partial charge in [-0.2, -0.15) is 0 Å². The highest BCUT2D eigenvalue weighted by molar-refractivity contribution is 6.00. The Kier molecular flexibility index (Phi) is 4.95. The van der Waals surface area contributed by atoms with Gasteiger partial charge in [0.2, 0.25) is 11.8 Å². The second kappa shape index (κ2) is 6.37. The van der Waals surface area contributed by atoms with Crippen LogP contribution in [0.2, 0.25) is 0 Å². The molecular formula is C17H30N2O2. The van der Waals surface area contributed by atoms with Crippen molar-refractivity contribution >= 4 is 11.8 Å². The standard InChI is InChI=1S/C17H30N2O2/c1-5-8-13(4)19-14(11-12(2)3)15(20)18-17(16(19)21)9-6-7-10-17/h12-14H,5-11H2,1-4H3,(H,18,20). The Morgan fingerprint density at radius 3 is 2.38 bits per heavy atom. The van der Waals surface area contributed by atoms with Gasteiger partial charge in [-0.3, -0.25) is 9.59 Å². The molecule has 1 saturated heterocycles. The molecule has 120 valence electrons. The summed E-state index contributed by atoms with van der Waals surface area (Å²) in [6.45, 7) is 8.45. The van der Waals surface area contributed by atoms with Gasteiger partial charge in [0, 0.05) is 6.04 Å². The summed E-state index contributed by atoms with van der Waals surface area (Å²) in [6.07, 6.45) is 6.44. The maximum Gasteiger partial charge on any atom is 0.249 e. The van der Waals surface area contributed by atoms with E-state index in [1.807, 2.05) is 4.90 Å². The predicted octanol–water partition coefficient (Wildman–Crippen LogP) is 2.86. The quantitative estimate of drug-likeness (QED) is 0.847. The fourth-order valence-corrected chi connectivity index (χ4v) is 3.94. The number of hydrogen-bond acceptors (Lipinski definition) is 2. The first-order valence-corrected chi connectivity index (χ1v) is 8.56. The molecule has 2 atom stereocenters. The van der Waals surface area contributed by atoms with Crippen LogP contribution in [0.4, 0.5) is 0 Å². The second-order valence-electron chi connectivity index (χ2n) is 7.27. The van der Waals surface area contributed by atoms with Gasteiger partial charge >= 0.3 is 0 Å². The van der Waals surface area contributed by atoms with E-state index in [0.717, 1.165) is 44.9 Å². The molecule has 2 amide bonds. The number of rotatable bonds is 5. The summed E-state index contributed by atoms with van der Waals surface area (Å²) in [7, 11) is 0. The maximum absolute atomic E-state index is 13.1. The molecule has 1 heterocycles. The van der Waals surface area contributed by atoms with E-state index in [9.17, 15) is 9.59 Å². The van der Waals surface area contributed by atoms with Crippen molar-refractivity contribution in [3.63, 3.8) is 0 Å². The summed E-state index contributed by atoms with van der Waals surface area (Å²) in [5.41, 5.74) is -0.591. The molecule has 1 saturated carbocycles. The van der Waals surface area contributed by atoms with Crippen LogP contribution in [-0.2, 0) is 9.59 Å². The van der Waals surface area contributed by atoms with Crippen LogP contribution >= 0.6 is 0 Å². The molecule has 2 aliphatic rings. The summed E-state index contributed by atoms with van der Waals surface area (Å²) >= 11 is 0. The van der Waals surface area contributed by atoms with Gasteiger partial charge in [0.15, 0.2) is 0 Å². The third-order valence-corrected chi connectivity index (χ3v) is 4.98. The highest BCUT2D eigenvalue weighted by Gasteiger charge is 2.52. The molecule has 4 nitrogen and oxygen atoms in total. The Balaban J connectivity index is 2.29. The van der Waals surface area contributed by atoms with Crippen molar-refractivity contribution < 1.29 is 9.59 Å². The minimum Gasteiger partial charge on any atom is -0.340 e. The van der Waals surface area contributed by atoms with Crippen molar-refractivity contribution in [2.75, 3.05) is 0 Å². The van der Waals surface area contributed by atoms with E-state index < -0.39 is 5.54 Å². The highest BCUT2D eigenvalue weighted by atomic mass is 16.2. The minimum absolute atomic E-state index is 0.0631. The van der Waals surface area contributed by atoms with Crippen LogP contribution < -0.4 is 5.32 Å². The summed E-state index contributed by atoms with van der Waals surface area (Å²) < 4.78 is 0. The molecule has 0 radical (unpaired) electrons. The number of nitrogens with zero attached hydrogens (tertiary/aromatic N) is 1. The van der Waals surface area contributed by atoms with Crippen LogP contribution in [0.25, 0.3) is 0 Å². The third kappa shape index (κ3) is 3.09. The normalized spacial score (nSPS) is 26.5. The molecule has 0 aromatic rings. The lowest BCUT2D eigenvalue weighted by atomic mass is 9.87. The van der Waals surface area contributed by atoms with Gasteiger partial charge in [-0.05, 0) is 38.5 Å². The van der Waals surface area contributed by atoms with E-state index in [2.05, 4.69) is 33.0 Å². The first-order valence-electron chi connectivity index (χ1n) is 8.56. The smallest absolute Gasteiger partial charge is 0.249 e. The lowest BCUT2D eigenvalue weighted by Gasteiger charge is -2.47. The zero-order chi connectivity index (χ0) is 15.6. The average molecular weight is 294 g/mol. The van der Waals surface area contributed by atoms with Crippen molar-refractivity contribution in [2.24, 2.45) is 5.92 Å². The third-order valence-electron chi connectivity index (χ3n) is 4.98. The minimum atomic E-state index is -0.591. The van der Waals surface area contributed by atoms with Crippen molar-refractivity contribution in [3.8, 4) is 0 Å². The highest BCUT2D eigenvalue weighted by Crippen LogP contribution is 2.36. The van der Waals surface area contributed by atoms with Crippen LogP contribution in [-0.4, -0.2) is 34.3 Å². The molecule has 0 aromatic heterocycles. The van der Waals surface area contributed by atoms with Crippen LogP contribution in [0.3, 0.4) is 0 Å². The van der Waals surface area contributed by atoms with E-state index in [1.165, 1.54) is 0 Å². The molecule has 4 heteroatoms. The van der Waals surface area contributed by atoms with E-state index in [1.54, 1.807) is 0 Å². The van der Waals surface area contributed by atoms with Crippen molar-refractivity contribution in [1.29, 1.82) is 0 Å². The SMILES string of the molecule is CCCC(C)N1C(=O)C2(CCCC2)NC(=O)C1CC(C)C. The van der Waals surface area contributed by atoms with Crippen LogP contribution in [0.15, 0.2) is 0 Å². The van der Waals surface area contributed by atoms with Crippen LogP contribution in [0.5, 0.6) is 0 Å². The first kappa shape index (κ1) is 16.3. The van der Waals surface area contributed by atoms with Gasteiger partial charge in [0.1, 0.15) is 11.6 Å². The number of nitrogens with one attached hydrogen (secondary N) is 1. The molecule has 0 aromatic carbocycles. The van der Waals surface area contributed by atoms with Crippen LogP contribution in [0, 0.1) is 5.92 Å². The maximum atomic E-state index is 13.1. The molecule has 1 aliphatic heterocycles. The largest absolute Gasteiger partial charge is 0.340 e. The number of piperazine rings is 1. The molecule has 1 spiro atoms. The molecule has 0 bridgehead atoms. The second-order valence-corrected chi connectivity index (χ2v) is 7.27. The predicted molar refractivity (Wildman–Crippen MR) is 83.8 cm³/mol. The lowest BCUT2D eigenvalue weighted by molar-refractivity contribution is -0.158. The average Bonchev–Trinajstić information content (AvgIpc) is 2.85. The molecule has 21 heavy (non-hydrogen) atoms. The van der Waals surface area contributed by atoms with E-state index in [4.69, 9.17) is 0 Å². The van der Waals surface area contributed by atoms with Gasteiger partial charge in [-0.15, -0.1) is 0 Å². The number of amides is 2. The van der Waals surface area contributed by atoms with E-state index >= 15 is 0 Å². The zero-order valence-electron chi connectivity index (χ0n) is 13.9. The number of carbonyl (C=O) groups is 2. The Labute approximate surface area is 128 Å². The van der Waals surface area contributed by atoms with Gasteiger partial charge in [0.25, 0.3) is 0 Å². The Morgan fingerprint density at radius 1 is 1.24 bits per heavy atom. The number of hydrogen-bond donors (Lipinski definition) is 1. The summed E-state index contributed by atoms with van der Waals surface area (Å²) in [6, 6.07) is -0.139. The fraction of sp³-hybridized carbons (Fsp3) is 0.882. The van der Waals surface area contributed by atoms with Crippen molar-refractivity contribution in [3.05, 3.63) is 0 Å². The molecular weight excluding hydrogens is 264 g/mol. The summed E-state index contributed by atoms with van der Waals surface area (Å²) in [5, 5.41) is 3.09. The molecule has 1 N–H and O–H groups in total. The van der Waals surface area contributed by atoms with Crippen LogP contribution in [0.1, 0.15) is 72.6 Å².